The molecule has 0 saturated carbocycles. The van der Waals surface area contributed by atoms with E-state index in [0.29, 0.717) is 0 Å². The van der Waals surface area contributed by atoms with Crippen molar-refractivity contribution in [2.45, 2.75) is 33.2 Å². The zero-order valence-corrected chi connectivity index (χ0v) is 14.7. The van der Waals surface area contributed by atoms with Crippen molar-refractivity contribution in [3.8, 4) is 11.4 Å². The Labute approximate surface area is 146 Å². The average molecular weight is 334 g/mol. The smallest absolute Gasteiger partial charge is 0.166 e. The predicted molar refractivity (Wildman–Crippen MR) is 102 cm³/mol. The Morgan fingerprint density at radius 1 is 1.20 bits per heavy atom. The minimum absolute atomic E-state index is 0.246. The first-order valence-electron chi connectivity index (χ1n) is 8.73. The van der Waals surface area contributed by atoms with Crippen molar-refractivity contribution in [2.24, 2.45) is 0 Å². The van der Waals surface area contributed by atoms with E-state index < -0.39 is 0 Å². The maximum absolute atomic E-state index is 4.91. The third-order valence-electron chi connectivity index (χ3n) is 4.35. The van der Waals surface area contributed by atoms with Gasteiger partial charge in [0.25, 0.3) is 0 Å². The van der Waals surface area contributed by atoms with Crippen molar-refractivity contribution in [1.29, 1.82) is 0 Å². The molecule has 0 aliphatic heterocycles. The molecule has 0 saturated heterocycles. The molecule has 4 rings (SSSR count). The number of nitrogens with one attached hydrogen (secondary N) is 2. The van der Waals surface area contributed by atoms with Gasteiger partial charge in [0.05, 0.1) is 0 Å². The molecule has 3 aromatic heterocycles. The number of hydrogen-bond acceptors (Lipinski definition) is 4. The Kier molecular flexibility index (Phi) is 3.87. The van der Waals surface area contributed by atoms with Crippen LogP contribution in [0.2, 0.25) is 0 Å². The van der Waals surface area contributed by atoms with Crippen LogP contribution in [0.25, 0.3) is 33.5 Å². The van der Waals surface area contributed by atoms with Crippen LogP contribution in [-0.2, 0) is 0 Å². The Balaban J connectivity index is 1.94. The summed E-state index contributed by atoms with van der Waals surface area (Å²) in [6, 6.07) is 8.69. The summed E-state index contributed by atoms with van der Waals surface area (Å²) in [4.78, 5) is 17.1. The van der Waals surface area contributed by atoms with Crippen molar-refractivity contribution < 1.29 is 0 Å². The number of rotatable bonds is 5. The van der Waals surface area contributed by atoms with Crippen molar-refractivity contribution in [2.75, 3.05) is 11.9 Å². The van der Waals surface area contributed by atoms with Gasteiger partial charge in [0.15, 0.2) is 17.0 Å². The third kappa shape index (κ3) is 2.63. The lowest BCUT2D eigenvalue weighted by Crippen LogP contribution is -2.05. The fourth-order valence-electron chi connectivity index (χ4n) is 3.17. The lowest BCUT2D eigenvalue weighted by molar-refractivity contribution is 0.619. The van der Waals surface area contributed by atoms with Crippen LogP contribution < -0.4 is 5.32 Å². The molecule has 0 aliphatic rings. The first kappa shape index (κ1) is 15.6. The highest BCUT2D eigenvalue weighted by molar-refractivity contribution is 5.89. The minimum atomic E-state index is 0.246. The number of nitrogens with zero attached hydrogens (tertiary/aromatic N) is 4. The van der Waals surface area contributed by atoms with Crippen molar-refractivity contribution >= 4 is 27.9 Å². The maximum atomic E-state index is 4.91. The number of aromatic nitrogens is 5. The highest BCUT2D eigenvalue weighted by Gasteiger charge is 2.19. The van der Waals surface area contributed by atoms with Gasteiger partial charge in [-0.2, -0.15) is 0 Å². The van der Waals surface area contributed by atoms with Crippen molar-refractivity contribution in [1.82, 2.24) is 24.5 Å². The molecule has 128 valence electrons. The van der Waals surface area contributed by atoms with E-state index in [1.807, 2.05) is 6.20 Å². The molecule has 0 amide bonds. The second-order valence-electron chi connectivity index (χ2n) is 6.50. The van der Waals surface area contributed by atoms with E-state index in [1.54, 1.807) is 6.33 Å². The van der Waals surface area contributed by atoms with Crippen LogP contribution in [0, 0.1) is 0 Å². The predicted octanol–water partition coefficient (Wildman–Crippen LogP) is 4.38. The first-order chi connectivity index (χ1) is 12.2. The van der Waals surface area contributed by atoms with Gasteiger partial charge in [-0.1, -0.05) is 6.92 Å². The number of anilines is 1. The van der Waals surface area contributed by atoms with E-state index >= 15 is 0 Å². The van der Waals surface area contributed by atoms with E-state index in [2.05, 4.69) is 69.9 Å². The molecule has 0 unspecified atom stereocenters. The number of fused-ring (bicyclic) bond motifs is 2. The van der Waals surface area contributed by atoms with Crippen LogP contribution in [0.5, 0.6) is 0 Å². The quantitative estimate of drug-likeness (QED) is 0.568. The normalized spacial score (nSPS) is 11.7. The summed E-state index contributed by atoms with van der Waals surface area (Å²) < 4.78 is 2.18. The second kappa shape index (κ2) is 6.20. The molecular weight excluding hydrogens is 312 g/mol. The van der Waals surface area contributed by atoms with Crippen LogP contribution in [0.15, 0.2) is 36.8 Å². The van der Waals surface area contributed by atoms with E-state index in [4.69, 9.17) is 4.98 Å². The Hall–Kier alpha value is -2.89. The molecule has 6 nitrogen and oxygen atoms in total. The van der Waals surface area contributed by atoms with Crippen LogP contribution in [-0.4, -0.2) is 31.0 Å². The standard InChI is InChI=1S/C19H22N6/c1-4-8-21-17-16-19(23-11-22-17)25(12(2)3)18(24-16)14-5-6-15-13(10-14)7-9-20-15/h5-7,9-12,20H,4,8H2,1-3H3,(H,21,22,23). The van der Waals surface area contributed by atoms with Crippen LogP contribution in [0.1, 0.15) is 33.2 Å². The molecule has 6 heteroatoms. The highest BCUT2D eigenvalue weighted by atomic mass is 15.2. The monoisotopic (exact) mass is 334 g/mol. The zero-order chi connectivity index (χ0) is 17.4. The fourth-order valence-corrected chi connectivity index (χ4v) is 3.17. The Bertz CT molecular complexity index is 1030. The topological polar surface area (TPSA) is 71.4 Å². The largest absolute Gasteiger partial charge is 0.368 e. The van der Waals surface area contributed by atoms with E-state index in [1.165, 1.54) is 5.39 Å². The lowest BCUT2D eigenvalue weighted by Gasteiger charge is -2.12. The summed E-state index contributed by atoms with van der Waals surface area (Å²) in [5.74, 6) is 1.73. The second-order valence-corrected chi connectivity index (χ2v) is 6.50. The first-order valence-corrected chi connectivity index (χ1v) is 8.73. The molecule has 0 atom stereocenters. The molecule has 0 aliphatic carbocycles. The molecule has 2 N–H and O–H groups in total. The molecule has 0 radical (unpaired) electrons. The van der Waals surface area contributed by atoms with E-state index in [-0.39, 0.29) is 6.04 Å². The third-order valence-corrected chi connectivity index (χ3v) is 4.35. The number of benzene rings is 1. The van der Waals surface area contributed by atoms with Gasteiger partial charge < -0.3 is 14.9 Å². The highest BCUT2D eigenvalue weighted by Crippen LogP contribution is 2.31. The van der Waals surface area contributed by atoms with E-state index in [0.717, 1.165) is 46.9 Å². The van der Waals surface area contributed by atoms with Gasteiger partial charge in [0, 0.05) is 35.2 Å². The van der Waals surface area contributed by atoms with Crippen LogP contribution in [0.3, 0.4) is 0 Å². The van der Waals surface area contributed by atoms with Crippen LogP contribution in [0.4, 0.5) is 5.82 Å². The fraction of sp³-hybridized carbons (Fsp3) is 0.316. The summed E-state index contributed by atoms with van der Waals surface area (Å²) >= 11 is 0. The van der Waals surface area contributed by atoms with Crippen molar-refractivity contribution in [3.63, 3.8) is 0 Å². The maximum Gasteiger partial charge on any atom is 0.166 e. The Morgan fingerprint density at radius 3 is 2.88 bits per heavy atom. The average Bonchev–Trinajstić information content (AvgIpc) is 3.23. The molecule has 0 fully saturated rings. The van der Waals surface area contributed by atoms with Crippen LogP contribution >= 0.6 is 0 Å². The summed E-state index contributed by atoms with van der Waals surface area (Å²) in [6.45, 7) is 7.31. The molecule has 4 aromatic rings. The summed E-state index contributed by atoms with van der Waals surface area (Å²) in [7, 11) is 0. The SMILES string of the molecule is CCCNc1ncnc2c1nc(-c1ccc3[nH]ccc3c1)n2C(C)C. The van der Waals surface area contributed by atoms with Gasteiger partial charge in [-0.15, -0.1) is 0 Å². The summed E-state index contributed by atoms with van der Waals surface area (Å²) in [6.07, 6.45) is 4.60. The lowest BCUT2D eigenvalue weighted by atomic mass is 10.1. The van der Waals surface area contributed by atoms with Gasteiger partial charge >= 0.3 is 0 Å². The summed E-state index contributed by atoms with van der Waals surface area (Å²) in [5.41, 5.74) is 3.91. The summed E-state index contributed by atoms with van der Waals surface area (Å²) in [5, 5.41) is 4.54. The van der Waals surface area contributed by atoms with E-state index in [9.17, 15) is 0 Å². The van der Waals surface area contributed by atoms with Crippen molar-refractivity contribution in [3.05, 3.63) is 36.8 Å². The number of hydrogen-bond donors (Lipinski definition) is 2. The molecule has 25 heavy (non-hydrogen) atoms. The zero-order valence-electron chi connectivity index (χ0n) is 14.7. The van der Waals surface area contributed by atoms with Gasteiger partial charge in [-0.3, -0.25) is 0 Å². The molecule has 1 aromatic carbocycles. The van der Waals surface area contributed by atoms with Gasteiger partial charge in [0.2, 0.25) is 0 Å². The van der Waals surface area contributed by atoms with Gasteiger partial charge in [-0.25, -0.2) is 15.0 Å². The van der Waals surface area contributed by atoms with Gasteiger partial charge in [0.1, 0.15) is 12.2 Å². The molecule has 0 bridgehead atoms. The number of imidazole rings is 1. The minimum Gasteiger partial charge on any atom is -0.368 e. The molecule has 0 spiro atoms. The molecule has 3 heterocycles. The van der Waals surface area contributed by atoms with Gasteiger partial charge in [-0.05, 0) is 44.5 Å². The molecular formula is C19H22N6. The Morgan fingerprint density at radius 2 is 2.08 bits per heavy atom. The number of aromatic amines is 1. The number of H-pyrrole nitrogens is 1.